The van der Waals surface area contributed by atoms with Crippen LogP contribution in [0.15, 0.2) is 97.1 Å². The Hall–Kier alpha value is -3.10. The molecule has 0 amide bonds. The van der Waals surface area contributed by atoms with E-state index in [-0.39, 0.29) is 58.1 Å². The average molecular weight is 867 g/mol. The Labute approximate surface area is 362 Å². The van der Waals surface area contributed by atoms with Crippen LogP contribution in [0.2, 0.25) is 0 Å². The zero-order chi connectivity index (χ0) is 39.5. The van der Waals surface area contributed by atoms with Gasteiger partial charge in [0.2, 0.25) is 0 Å². The van der Waals surface area contributed by atoms with Gasteiger partial charge >= 0.3 is 108 Å². The third-order valence-corrected chi connectivity index (χ3v) is 12.3. The van der Waals surface area contributed by atoms with E-state index in [9.17, 15) is 8.78 Å². The van der Waals surface area contributed by atoms with Crippen molar-refractivity contribution in [1.29, 1.82) is 0 Å². The van der Waals surface area contributed by atoms with Crippen LogP contribution in [-0.2, 0) is 41.5 Å². The zero-order valence-corrected chi connectivity index (χ0v) is 38.9. The first-order valence-electron chi connectivity index (χ1n) is 19.1. The first-order chi connectivity index (χ1) is 25.0. The Bertz CT molecular complexity index is 2180. The SMILES string of the molecule is CC(C)(C)C1=[C-]C(C)(C)c2cc3c(cc21)-c1cc2c(cc1C3)C(C)(C)C=C2C(C)(C)C.Cc1c[cH-]c(C)c1.Fc1cccc([C](=[Zr+2])c2cccc(F)c2)c1.[Cl-].[Cl-]. The summed E-state index contributed by atoms with van der Waals surface area (Å²) < 4.78 is 27.0. The van der Waals surface area contributed by atoms with Crippen molar-refractivity contribution in [2.75, 3.05) is 0 Å². The molecular formula is C51H54Cl2F2Zr-2. The minimum Gasteiger partial charge on any atom is -1.00 e. The van der Waals surface area contributed by atoms with Gasteiger partial charge in [-0.2, -0.15) is 23.3 Å². The predicted octanol–water partition coefficient (Wildman–Crippen LogP) is 7.61. The Kier molecular flexibility index (Phi) is 13.6. The second-order valence-corrected chi connectivity index (χ2v) is 19.8. The largest absolute Gasteiger partial charge is 1.00 e. The van der Waals surface area contributed by atoms with Crippen LogP contribution in [0.5, 0.6) is 0 Å². The summed E-state index contributed by atoms with van der Waals surface area (Å²) in [5.74, 6) is -0.539. The van der Waals surface area contributed by atoms with Crippen LogP contribution in [0.4, 0.5) is 8.78 Å². The zero-order valence-electron chi connectivity index (χ0n) is 35.0. The molecule has 3 aliphatic rings. The molecule has 0 heterocycles. The molecule has 0 atom stereocenters. The molecule has 0 saturated carbocycles. The van der Waals surface area contributed by atoms with E-state index in [2.05, 4.69) is 138 Å². The van der Waals surface area contributed by atoms with E-state index in [1.54, 1.807) is 12.1 Å². The van der Waals surface area contributed by atoms with Gasteiger partial charge in [-0.05, 0) is 62.3 Å². The summed E-state index contributed by atoms with van der Waals surface area (Å²) in [6.07, 6.45) is 7.41. The summed E-state index contributed by atoms with van der Waals surface area (Å²) in [7, 11) is 0. The summed E-state index contributed by atoms with van der Waals surface area (Å²) >= 11 is 1.13. The molecule has 292 valence electrons. The van der Waals surface area contributed by atoms with Crippen LogP contribution < -0.4 is 24.8 Å². The Morgan fingerprint density at radius 3 is 1.62 bits per heavy atom. The van der Waals surface area contributed by atoms with E-state index in [1.165, 1.54) is 91.0 Å². The molecule has 0 aromatic heterocycles. The van der Waals surface area contributed by atoms with Crippen LogP contribution in [0.1, 0.15) is 125 Å². The molecule has 5 aromatic rings. The quantitative estimate of drug-likeness (QED) is 0.158. The van der Waals surface area contributed by atoms with Crippen LogP contribution >= 0.6 is 0 Å². The van der Waals surface area contributed by atoms with Gasteiger partial charge in [0.25, 0.3) is 0 Å². The molecule has 56 heavy (non-hydrogen) atoms. The fraction of sp³-hybridized carbons (Fsp3) is 0.333. The molecule has 0 nitrogen and oxygen atoms in total. The molecule has 0 saturated heterocycles. The fourth-order valence-corrected chi connectivity index (χ4v) is 8.88. The molecule has 0 N–H and O–H groups in total. The standard InChI is InChI=1S/C31H37.C13H8F2.C7H9.2ClH.Zr/c1-28(2,3)26-16-30(7,8)24-12-18-11-19-13-25-23(15-21(19)20(18)14-22(24)26)27(29(4,5)6)17-31(25,9)10;14-12-5-1-3-10(8-12)7-11-4-2-6-13(15)9-11;1-6-3-4-7(2)5-6;;;/h12-16H,11H2,1-10H3;1-6,8-9H;3-5H,1-2H3;2*1H;/q-1;;-1;;;+2/p-2. The predicted molar refractivity (Wildman–Crippen MR) is 222 cm³/mol. The molecule has 0 aliphatic heterocycles. The molecule has 0 spiro atoms. The number of hydrogen-bond acceptors (Lipinski definition) is 0. The van der Waals surface area contributed by atoms with Gasteiger partial charge in [-0.25, -0.2) is 17.2 Å². The number of allylic oxidation sites excluding steroid dienone is 4. The van der Waals surface area contributed by atoms with Crippen LogP contribution in [0.3, 0.4) is 0 Å². The van der Waals surface area contributed by atoms with E-state index in [1.807, 2.05) is 12.1 Å². The third-order valence-electron chi connectivity index (χ3n) is 10.9. The summed E-state index contributed by atoms with van der Waals surface area (Å²) in [6.45, 7) is 27.6. The summed E-state index contributed by atoms with van der Waals surface area (Å²) in [4.78, 5) is 0. The molecule has 8 rings (SSSR count). The first-order valence-corrected chi connectivity index (χ1v) is 20.3. The number of benzene rings is 4. The number of hydrogen-bond donors (Lipinski definition) is 0. The van der Waals surface area contributed by atoms with Gasteiger partial charge in [0.05, 0.1) is 0 Å². The maximum atomic E-state index is 13.0. The van der Waals surface area contributed by atoms with E-state index >= 15 is 0 Å². The molecular weight excluding hydrogens is 813 g/mol. The van der Waals surface area contributed by atoms with Gasteiger partial charge in [0.15, 0.2) is 0 Å². The molecule has 5 heteroatoms. The van der Waals surface area contributed by atoms with Crippen molar-refractivity contribution in [2.45, 2.75) is 100 Å². The Morgan fingerprint density at radius 1 is 0.679 bits per heavy atom. The second-order valence-electron chi connectivity index (χ2n) is 18.6. The average Bonchev–Trinajstić information content (AvgIpc) is 3.79. The van der Waals surface area contributed by atoms with E-state index in [4.69, 9.17) is 0 Å². The van der Waals surface area contributed by atoms with E-state index in [0.717, 1.165) is 45.0 Å². The number of fused-ring (bicyclic) bond motifs is 5. The molecule has 5 aromatic carbocycles. The minimum absolute atomic E-state index is 0. The monoisotopic (exact) mass is 864 g/mol. The smallest absolute Gasteiger partial charge is 1.00 e. The van der Waals surface area contributed by atoms with Gasteiger partial charge in [-0.1, -0.05) is 107 Å². The molecule has 0 radical (unpaired) electrons. The van der Waals surface area contributed by atoms with Crippen LogP contribution in [0, 0.1) is 42.4 Å². The Morgan fingerprint density at radius 2 is 1.20 bits per heavy atom. The molecule has 3 aliphatic carbocycles. The Balaban J connectivity index is 0.000000232. The summed E-state index contributed by atoms with van der Waals surface area (Å²) in [5.41, 5.74) is 19.2. The van der Waals surface area contributed by atoms with Crippen molar-refractivity contribution >= 4 is 14.4 Å². The van der Waals surface area contributed by atoms with Gasteiger partial charge in [0.1, 0.15) is 0 Å². The number of halogens is 4. The maximum Gasteiger partial charge on any atom is -1.00 e. The normalized spacial score (nSPS) is 15.2. The number of aryl methyl sites for hydroxylation is 2. The molecule has 0 unspecified atom stereocenters. The topological polar surface area (TPSA) is 0 Å². The molecule has 0 bridgehead atoms. The summed E-state index contributed by atoms with van der Waals surface area (Å²) in [5, 5.41) is 0. The van der Waals surface area contributed by atoms with Gasteiger partial charge < -0.3 is 24.8 Å². The van der Waals surface area contributed by atoms with Crippen molar-refractivity contribution in [3.8, 4) is 11.1 Å². The van der Waals surface area contributed by atoms with Gasteiger partial charge in [-0.3, -0.25) is 6.08 Å². The van der Waals surface area contributed by atoms with Crippen molar-refractivity contribution in [2.24, 2.45) is 10.8 Å². The van der Waals surface area contributed by atoms with Crippen molar-refractivity contribution < 1.29 is 57.8 Å². The van der Waals surface area contributed by atoms with Gasteiger partial charge in [-0.15, -0.1) is 11.6 Å². The van der Waals surface area contributed by atoms with E-state index < -0.39 is 0 Å². The fourth-order valence-electron chi connectivity index (χ4n) is 8.12. The maximum absolute atomic E-state index is 13.0. The van der Waals surface area contributed by atoms with E-state index in [0.29, 0.717) is 0 Å². The van der Waals surface area contributed by atoms with Crippen molar-refractivity contribution in [3.63, 3.8) is 0 Å². The number of rotatable bonds is 2. The van der Waals surface area contributed by atoms with Gasteiger partial charge in [0, 0.05) is 5.41 Å². The van der Waals surface area contributed by atoms with Crippen LogP contribution in [-0.4, -0.2) is 3.21 Å². The second kappa shape index (κ2) is 16.6. The minimum atomic E-state index is -0.270. The third kappa shape index (κ3) is 9.44. The van der Waals surface area contributed by atoms with Crippen LogP contribution in [0.25, 0.3) is 22.3 Å². The molecule has 0 fully saturated rings. The van der Waals surface area contributed by atoms with Crippen molar-refractivity contribution in [1.82, 2.24) is 0 Å². The van der Waals surface area contributed by atoms with Crippen molar-refractivity contribution in [3.05, 3.63) is 170 Å². The first kappa shape index (κ1) is 45.6. The summed E-state index contributed by atoms with van der Waals surface area (Å²) in [6, 6.07) is 29.1.